The average molecular weight is 269 g/mol. The Bertz CT molecular complexity index is 299. The number of nitrogens with zero attached hydrogens (tertiary/aromatic N) is 2. The molecule has 0 aliphatic carbocycles. The van der Waals surface area contributed by atoms with E-state index in [9.17, 15) is 0 Å². The zero-order valence-corrected chi connectivity index (χ0v) is 12.4. The van der Waals surface area contributed by atoms with Crippen LogP contribution in [0.4, 0.5) is 0 Å². The Hall–Kier alpha value is 0.230. The maximum atomic E-state index is 6.29. The van der Waals surface area contributed by atoms with Gasteiger partial charge in [0.15, 0.2) is 0 Å². The molecule has 0 aromatic carbocycles. The number of piperidine rings is 1. The third-order valence-corrected chi connectivity index (χ3v) is 6.55. The standard InChI is InChI=1S/C14H27N3S/c1-12-10-18-9-8-17(12)14(11-15)5-7-16-6-3-2-4-13(14)16/h12-13H,2-11,15H2,1H3. The molecule has 3 unspecified atom stereocenters. The molecule has 0 saturated carbocycles. The Labute approximate surface area is 115 Å². The quantitative estimate of drug-likeness (QED) is 0.821. The molecule has 3 aliphatic rings. The number of rotatable bonds is 2. The van der Waals surface area contributed by atoms with E-state index in [4.69, 9.17) is 5.73 Å². The molecule has 3 heterocycles. The molecule has 3 aliphatic heterocycles. The van der Waals surface area contributed by atoms with Crippen molar-refractivity contribution in [1.29, 1.82) is 0 Å². The zero-order chi connectivity index (χ0) is 12.6. The Morgan fingerprint density at radius 1 is 1.28 bits per heavy atom. The molecule has 0 bridgehead atoms. The van der Waals surface area contributed by atoms with Crippen LogP contribution >= 0.6 is 11.8 Å². The maximum Gasteiger partial charge on any atom is 0.0502 e. The van der Waals surface area contributed by atoms with Crippen molar-refractivity contribution >= 4 is 11.8 Å². The molecule has 0 radical (unpaired) electrons. The number of hydrogen-bond donors (Lipinski definition) is 1. The third kappa shape index (κ3) is 2.01. The van der Waals surface area contributed by atoms with Gasteiger partial charge in [0.05, 0.1) is 5.54 Å². The second-order valence-electron chi connectivity index (χ2n) is 6.22. The first-order valence-electron chi connectivity index (χ1n) is 7.56. The van der Waals surface area contributed by atoms with Crippen molar-refractivity contribution in [1.82, 2.24) is 9.80 Å². The molecule has 4 heteroatoms. The van der Waals surface area contributed by atoms with E-state index in [0.29, 0.717) is 11.6 Å². The van der Waals surface area contributed by atoms with Crippen LogP contribution in [-0.2, 0) is 0 Å². The first-order chi connectivity index (χ1) is 8.78. The highest BCUT2D eigenvalue weighted by Gasteiger charge is 2.51. The lowest BCUT2D eigenvalue weighted by atomic mass is 9.83. The number of fused-ring (bicyclic) bond motifs is 1. The highest BCUT2D eigenvalue weighted by atomic mass is 32.2. The van der Waals surface area contributed by atoms with Crippen LogP contribution in [0.25, 0.3) is 0 Å². The predicted molar refractivity (Wildman–Crippen MR) is 79.1 cm³/mol. The van der Waals surface area contributed by atoms with Gasteiger partial charge in [-0.3, -0.25) is 9.80 Å². The normalized spacial score (nSPS) is 43.0. The van der Waals surface area contributed by atoms with Crippen LogP contribution in [-0.4, -0.2) is 65.1 Å². The maximum absolute atomic E-state index is 6.29. The Kier molecular flexibility index (Phi) is 3.90. The van der Waals surface area contributed by atoms with E-state index in [-0.39, 0.29) is 0 Å². The Morgan fingerprint density at radius 3 is 2.94 bits per heavy atom. The third-order valence-electron chi connectivity index (χ3n) is 5.36. The molecule has 3 atom stereocenters. The first-order valence-corrected chi connectivity index (χ1v) is 8.72. The number of thioether (sulfide) groups is 1. The molecule has 0 spiro atoms. The molecule has 18 heavy (non-hydrogen) atoms. The lowest BCUT2D eigenvalue weighted by molar-refractivity contribution is 0.0196. The van der Waals surface area contributed by atoms with Gasteiger partial charge in [-0.25, -0.2) is 0 Å². The van der Waals surface area contributed by atoms with Crippen LogP contribution in [0.5, 0.6) is 0 Å². The van der Waals surface area contributed by atoms with Gasteiger partial charge in [0.2, 0.25) is 0 Å². The van der Waals surface area contributed by atoms with Gasteiger partial charge in [-0.05, 0) is 32.7 Å². The summed E-state index contributed by atoms with van der Waals surface area (Å²) >= 11 is 2.11. The van der Waals surface area contributed by atoms with Crippen molar-refractivity contribution in [3.8, 4) is 0 Å². The van der Waals surface area contributed by atoms with Gasteiger partial charge in [-0.1, -0.05) is 6.42 Å². The monoisotopic (exact) mass is 269 g/mol. The molecule has 2 N–H and O–H groups in total. The van der Waals surface area contributed by atoms with Crippen LogP contribution in [0.3, 0.4) is 0 Å². The molecule has 3 rings (SSSR count). The predicted octanol–water partition coefficient (Wildman–Crippen LogP) is 1.38. The summed E-state index contributed by atoms with van der Waals surface area (Å²) in [5.74, 6) is 2.58. The molecule has 0 aromatic heterocycles. The van der Waals surface area contributed by atoms with Gasteiger partial charge in [0, 0.05) is 43.2 Å². The molecule has 3 saturated heterocycles. The van der Waals surface area contributed by atoms with Gasteiger partial charge in [0.1, 0.15) is 0 Å². The van der Waals surface area contributed by atoms with Crippen LogP contribution in [0.15, 0.2) is 0 Å². The van der Waals surface area contributed by atoms with E-state index < -0.39 is 0 Å². The fourth-order valence-corrected chi connectivity index (χ4v) is 5.46. The van der Waals surface area contributed by atoms with E-state index in [1.807, 2.05) is 0 Å². The molecular formula is C14H27N3S. The Morgan fingerprint density at radius 2 is 2.17 bits per heavy atom. The second kappa shape index (κ2) is 5.31. The summed E-state index contributed by atoms with van der Waals surface area (Å²) in [6, 6.07) is 1.44. The summed E-state index contributed by atoms with van der Waals surface area (Å²) in [4.78, 5) is 5.50. The van der Waals surface area contributed by atoms with E-state index in [1.165, 1.54) is 56.8 Å². The SMILES string of the molecule is CC1CSCCN1C1(CN)CCN2CCCCC21. The fraction of sp³-hybridized carbons (Fsp3) is 1.00. The minimum absolute atomic E-state index is 0.292. The lowest BCUT2D eigenvalue weighted by Crippen LogP contribution is -2.65. The molecule has 3 nitrogen and oxygen atoms in total. The van der Waals surface area contributed by atoms with Crippen LogP contribution < -0.4 is 5.73 Å². The van der Waals surface area contributed by atoms with Crippen LogP contribution in [0.1, 0.15) is 32.6 Å². The van der Waals surface area contributed by atoms with Gasteiger partial charge >= 0.3 is 0 Å². The second-order valence-corrected chi connectivity index (χ2v) is 7.37. The van der Waals surface area contributed by atoms with Gasteiger partial charge < -0.3 is 5.73 Å². The summed E-state index contributed by atoms with van der Waals surface area (Å²) in [6.45, 7) is 7.08. The van der Waals surface area contributed by atoms with E-state index in [2.05, 4.69) is 28.5 Å². The first kappa shape index (κ1) is 13.2. The molecule has 0 amide bonds. The number of nitrogens with two attached hydrogens (primary N) is 1. The largest absolute Gasteiger partial charge is 0.329 e. The van der Waals surface area contributed by atoms with Crippen LogP contribution in [0, 0.1) is 0 Å². The summed E-state index contributed by atoms with van der Waals surface area (Å²) in [6.07, 6.45) is 5.46. The number of hydrogen-bond acceptors (Lipinski definition) is 4. The van der Waals surface area contributed by atoms with Crippen molar-refractivity contribution in [2.45, 2.75) is 50.2 Å². The highest BCUT2D eigenvalue weighted by Crippen LogP contribution is 2.41. The summed E-state index contributed by atoms with van der Waals surface area (Å²) < 4.78 is 0. The fourth-order valence-electron chi connectivity index (χ4n) is 4.45. The van der Waals surface area contributed by atoms with E-state index in [0.717, 1.165) is 12.6 Å². The van der Waals surface area contributed by atoms with E-state index >= 15 is 0 Å². The molecular weight excluding hydrogens is 242 g/mol. The smallest absolute Gasteiger partial charge is 0.0502 e. The van der Waals surface area contributed by atoms with Gasteiger partial charge in [-0.15, -0.1) is 0 Å². The molecule has 0 aromatic rings. The van der Waals surface area contributed by atoms with E-state index in [1.54, 1.807) is 0 Å². The summed E-state index contributed by atoms with van der Waals surface area (Å²) in [5, 5.41) is 0. The van der Waals surface area contributed by atoms with Gasteiger partial charge in [-0.2, -0.15) is 11.8 Å². The summed E-state index contributed by atoms with van der Waals surface area (Å²) in [5.41, 5.74) is 6.59. The van der Waals surface area contributed by atoms with Crippen molar-refractivity contribution < 1.29 is 0 Å². The minimum atomic E-state index is 0.292. The van der Waals surface area contributed by atoms with Crippen LogP contribution in [0.2, 0.25) is 0 Å². The highest BCUT2D eigenvalue weighted by molar-refractivity contribution is 7.99. The van der Waals surface area contributed by atoms with Crippen molar-refractivity contribution in [3.05, 3.63) is 0 Å². The lowest BCUT2D eigenvalue weighted by Gasteiger charge is -2.51. The Balaban J connectivity index is 1.84. The van der Waals surface area contributed by atoms with Gasteiger partial charge in [0.25, 0.3) is 0 Å². The summed E-state index contributed by atoms with van der Waals surface area (Å²) in [7, 11) is 0. The minimum Gasteiger partial charge on any atom is -0.329 e. The molecule has 3 fully saturated rings. The average Bonchev–Trinajstić information content (AvgIpc) is 2.79. The van der Waals surface area contributed by atoms with Crippen molar-refractivity contribution in [2.75, 3.05) is 37.7 Å². The van der Waals surface area contributed by atoms with Crippen molar-refractivity contribution in [3.63, 3.8) is 0 Å². The topological polar surface area (TPSA) is 32.5 Å². The zero-order valence-electron chi connectivity index (χ0n) is 11.6. The van der Waals surface area contributed by atoms with Crippen molar-refractivity contribution in [2.24, 2.45) is 5.73 Å². The molecule has 104 valence electrons.